The zero-order chi connectivity index (χ0) is 19.2. The Labute approximate surface area is 160 Å². The van der Waals surface area contributed by atoms with Crippen molar-refractivity contribution < 1.29 is 9.53 Å². The van der Waals surface area contributed by atoms with E-state index in [1.165, 1.54) is 18.7 Å². The van der Waals surface area contributed by atoms with Gasteiger partial charge in [0.25, 0.3) is 5.91 Å². The summed E-state index contributed by atoms with van der Waals surface area (Å²) in [5.74, 6) is 0.211. The van der Waals surface area contributed by atoms with E-state index in [1.54, 1.807) is 35.5 Å². The number of benzene rings is 1. The summed E-state index contributed by atoms with van der Waals surface area (Å²) in [6, 6.07) is 11.1. The average Bonchev–Trinajstić information content (AvgIpc) is 3.24. The van der Waals surface area contributed by atoms with Crippen molar-refractivity contribution >= 4 is 11.6 Å². The van der Waals surface area contributed by atoms with Gasteiger partial charge in [-0.1, -0.05) is 12.1 Å². The second kappa shape index (κ2) is 8.04. The molecule has 28 heavy (non-hydrogen) atoms. The van der Waals surface area contributed by atoms with E-state index in [4.69, 9.17) is 4.74 Å². The SMILES string of the molecule is O=C(Nc1ccc(Cn2cncn2)cc1)c1cnc(Oc2cccnc2)nc1. The average molecular weight is 373 g/mol. The third-order valence-electron chi connectivity index (χ3n) is 3.76. The van der Waals surface area contributed by atoms with E-state index < -0.39 is 0 Å². The van der Waals surface area contributed by atoms with E-state index in [1.807, 2.05) is 24.3 Å². The van der Waals surface area contributed by atoms with Crippen LogP contribution >= 0.6 is 0 Å². The first-order valence-electron chi connectivity index (χ1n) is 8.39. The largest absolute Gasteiger partial charge is 0.423 e. The summed E-state index contributed by atoms with van der Waals surface area (Å²) in [7, 11) is 0. The van der Waals surface area contributed by atoms with E-state index in [2.05, 4.69) is 30.4 Å². The first kappa shape index (κ1) is 17.3. The predicted octanol–water partition coefficient (Wildman–Crippen LogP) is 2.56. The first-order valence-corrected chi connectivity index (χ1v) is 8.39. The third kappa shape index (κ3) is 4.33. The zero-order valence-corrected chi connectivity index (χ0v) is 14.6. The minimum absolute atomic E-state index is 0.141. The first-order chi connectivity index (χ1) is 13.8. The molecule has 3 aromatic heterocycles. The maximum atomic E-state index is 12.4. The second-order valence-corrected chi connectivity index (χ2v) is 5.79. The van der Waals surface area contributed by atoms with E-state index in [-0.39, 0.29) is 11.9 Å². The summed E-state index contributed by atoms with van der Waals surface area (Å²) in [6.07, 6.45) is 9.15. The lowest BCUT2D eigenvalue weighted by Gasteiger charge is -2.07. The Hall–Kier alpha value is -4.14. The third-order valence-corrected chi connectivity index (χ3v) is 3.76. The van der Waals surface area contributed by atoms with Crippen LogP contribution in [0.25, 0.3) is 0 Å². The molecule has 9 heteroatoms. The van der Waals surface area contributed by atoms with Gasteiger partial charge in [0.15, 0.2) is 0 Å². The molecule has 1 aromatic carbocycles. The molecular weight excluding hydrogens is 358 g/mol. The fraction of sp³-hybridized carbons (Fsp3) is 0.0526. The van der Waals surface area contributed by atoms with Crippen molar-refractivity contribution in [1.82, 2.24) is 29.7 Å². The summed E-state index contributed by atoms with van der Waals surface area (Å²) in [5.41, 5.74) is 2.04. The van der Waals surface area contributed by atoms with Gasteiger partial charge in [0, 0.05) is 24.3 Å². The molecule has 0 atom stereocenters. The molecular formula is C19H15N7O2. The Bertz CT molecular complexity index is 1030. The van der Waals surface area contributed by atoms with Crippen LogP contribution in [0.2, 0.25) is 0 Å². The van der Waals surface area contributed by atoms with Crippen LogP contribution < -0.4 is 10.1 Å². The summed E-state index contributed by atoms with van der Waals surface area (Å²) in [4.78, 5) is 28.3. The van der Waals surface area contributed by atoms with Crippen molar-refractivity contribution in [2.45, 2.75) is 6.54 Å². The van der Waals surface area contributed by atoms with E-state index in [0.717, 1.165) is 5.56 Å². The summed E-state index contributed by atoms with van der Waals surface area (Å²) < 4.78 is 7.18. The fourth-order valence-electron chi connectivity index (χ4n) is 2.40. The second-order valence-electron chi connectivity index (χ2n) is 5.79. The molecule has 1 amide bonds. The van der Waals surface area contributed by atoms with Crippen molar-refractivity contribution in [3.8, 4) is 11.8 Å². The molecule has 0 bridgehead atoms. The highest BCUT2D eigenvalue weighted by molar-refractivity contribution is 6.03. The maximum absolute atomic E-state index is 12.4. The van der Waals surface area contributed by atoms with Gasteiger partial charge in [-0.3, -0.25) is 9.78 Å². The molecule has 4 rings (SSSR count). The number of rotatable bonds is 6. The van der Waals surface area contributed by atoms with Gasteiger partial charge < -0.3 is 10.1 Å². The monoisotopic (exact) mass is 373 g/mol. The van der Waals surface area contributed by atoms with Crippen molar-refractivity contribution in [3.63, 3.8) is 0 Å². The molecule has 0 aliphatic carbocycles. The number of aromatic nitrogens is 6. The Morgan fingerprint density at radius 2 is 1.86 bits per heavy atom. The molecule has 3 heterocycles. The molecule has 0 saturated heterocycles. The van der Waals surface area contributed by atoms with Gasteiger partial charge in [-0.05, 0) is 29.8 Å². The standard InChI is InChI=1S/C19H15N7O2/c27-18(15-8-22-19(23-9-15)28-17-2-1-7-20-10-17)25-16-5-3-14(4-6-16)11-26-13-21-12-24-26/h1-10,12-13H,11H2,(H,25,27). The summed E-state index contributed by atoms with van der Waals surface area (Å²) >= 11 is 0. The van der Waals surface area contributed by atoms with Crippen LogP contribution in [0.15, 0.2) is 73.8 Å². The minimum atomic E-state index is -0.308. The van der Waals surface area contributed by atoms with Crippen LogP contribution in [0.3, 0.4) is 0 Å². The summed E-state index contributed by atoms with van der Waals surface area (Å²) in [5, 5.41) is 6.87. The highest BCUT2D eigenvalue weighted by atomic mass is 16.5. The van der Waals surface area contributed by atoms with Gasteiger partial charge in [0.2, 0.25) is 0 Å². The highest BCUT2D eigenvalue weighted by Gasteiger charge is 2.09. The number of hydrogen-bond acceptors (Lipinski definition) is 7. The highest BCUT2D eigenvalue weighted by Crippen LogP contribution is 2.16. The molecule has 0 fully saturated rings. The topological polar surface area (TPSA) is 108 Å². The number of pyridine rings is 1. The lowest BCUT2D eigenvalue weighted by atomic mass is 10.2. The van der Waals surface area contributed by atoms with Gasteiger partial charge in [-0.25, -0.2) is 19.6 Å². The van der Waals surface area contributed by atoms with Gasteiger partial charge >= 0.3 is 6.01 Å². The molecule has 0 saturated carbocycles. The number of nitrogens with zero attached hydrogens (tertiary/aromatic N) is 6. The Morgan fingerprint density at radius 3 is 2.54 bits per heavy atom. The predicted molar refractivity (Wildman–Crippen MR) is 99.9 cm³/mol. The van der Waals surface area contributed by atoms with Crippen LogP contribution in [0, 0.1) is 0 Å². The quantitative estimate of drug-likeness (QED) is 0.553. The molecule has 9 nitrogen and oxygen atoms in total. The molecule has 0 aliphatic rings. The van der Waals surface area contributed by atoms with Gasteiger partial charge in [0.05, 0.1) is 18.3 Å². The molecule has 0 radical (unpaired) electrons. The number of amides is 1. The number of hydrogen-bond donors (Lipinski definition) is 1. The Kier molecular flexibility index (Phi) is 4.96. The van der Waals surface area contributed by atoms with E-state index >= 15 is 0 Å². The van der Waals surface area contributed by atoms with E-state index in [9.17, 15) is 4.79 Å². The normalized spacial score (nSPS) is 10.4. The number of carbonyl (C=O) groups excluding carboxylic acids is 1. The Balaban J connectivity index is 1.36. The molecule has 0 aliphatic heterocycles. The molecule has 0 spiro atoms. The van der Waals surface area contributed by atoms with Gasteiger partial charge in [-0.2, -0.15) is 5.10 Å². The van der Waals surface area contributed by atoms with Gasteiger partial charge in [0.1, 0.15) is 18.4 Å². The number of ether oxygens (including phenoxy) is 1. The van der Waals surface area contributed by atoms with Gasteiger partial charge in [-0.15, -0.1) is 0 Å². The molecule has 4 aromatic rings. The number of carbonyl (C=O) groups is 1. The van der Waals surface area contributed by atoms with Crippen LogP contribution in [0.5, 0.6) is 11.8 Å². The number of nitrogens with one attached hydrogen (secondary N) is 1. The molecule has 1 N–H and O–H groups in total. The lowest BCUT2D eigenvalue weighted by Crippen LogP contribution is -2.13. The zero-order valence-electron chi connectivity index (χ0n) is 14.6. The van der Waals surface area contributed by atoms with Crippen LogP contribution in [0.1, 0.15) is 15.9 Å². The minimum Gasteiger partial charge on any atom is -0.423 e. The van der Waals surface area contributed by atoms with Crippen molar-refractivity contribution in [2.75, 3.05) is 5.32 Å². The maximum Gasteiger partial charge on any atom is 0.321 e. The fourth-order valence-corrected chi connectivity index (χ4v) is 2.40. The Morgan fingerprint density at radius 1 is 1.04 bits per heavy atom. The van der Waals surface area contributed by atoms with Crippen LogP contribution in [-0.2, 0) is 6.54 Å². The van der Waals surface area contributed by atoms with Crippen molar-refractivity contribution in [2.24, 2.45) is 0 Å². The van der Waals surface area contributed by atoms with Crippen LogP contribution in [0.4, 0.5) is 5.69 Å². The smallest absolute Gasteiger partial charge is 0.321 e. The lowest BCUT2D eigenvalue weighted by molar-refractivity contribution is 0.102. The van der Waals surface area contributed by atoms with Crippen LogP contribution in [-0.4, -0.2) is 35.6 Å². The molecule has 138 valence electrons. The number of anilines is 1. The summed E-state index contributed by atoms with van der Waals surface area (Å²) in [6.45, 7) is 0.612. The molecule has 0 unspecified atom stereocenters. The van der Waals surface area contributed by atoms with E-state index in [0.29, 0.717) is 23.5 Å². The van der Waals surface area contributed by atoms with Crippen molar-refractivity contribution in [3.05, 3.63) is 85.0 Å². The van der Waals surface area contributed by atoms with Crippen molar-refractivity contribution in [1.29, 1.82) is 0 Å².